The Kier molecular flexibility index (Phi) is 5.21. The Hall–Kier alpha value is -1.85. The molecule has 22 heavy (non-hydrogen) atoms. The molecule has 0 aromatic heterocycles. The van der Waals surface area contributed by atoms with Crippen LogP contribution in [0, 0.1) is 0 Å². The van der Waals surface area contributed by atoms with Gasteiger partial charge in [0.05, 0.1) is 11.7 Å². The Labute approximate surface area is 127 Å². The summed E-state index contributed by atoms with van der Waals surface area (Å²) in [6, 6.07) is 14.4. The number of likely N-dealkylation sites (N-methyl/N-ethyl adjacent to an activating group) is 1. The van der Waals surface area contributed by atoms with Crippen LogP contribution in [-0.4, -0.2) is 23.6 Å². The largest absolute Gasteiger partial charge is 0.416 e. The van der Waals surface area contributed by atoms with Crippen LogP contribution in [0.3, 0.4) is 0 Å². The number of hydrogen-bond donors (Lipinski definition) is 1. The SMILES string of the molecule is CN(Cc1cccc(C(F)(F)F)c1)C[C@H](O)c1ccccc1. The van der Waals surface area contributed by atoms with Crippen LogP contribution in [0.2, 0.25) is 0 Å². The summed E-state index contributed by atoms with van der Waals surface area (Å²) in [6.45, 7) is 0.689. The molecule has 0 unspecified atom stereocenters. The number of halogens is 3. The van der Waals surface area contributed by atoms with Gasteiger partial charge in [0, 0.05) is 13.1 Å². The van der Waals surface area contributed by atoms with Crippen LogP contribution in [0.4, 0.5) is 13.2 Å². The minimum atomic E-state index is -4.34. The number of nitrogens with zero attached hydrogens (tertiary/aromatic N) is 1. The minimum absolute atomic E-state index is 0.341. The van der Waals surface area contributed by atoms with E-state index in [2.05, 4.69) is 0 Å². The molecular formula is C17H18F3NO. The summed E-state index contributed by atoms with van der Waals surface area (Å²) in [5.74, 6) is 0. The van der Waals surface area contributed by atoms with Crippen LogP contribution >= 0.6 is 0 Å². The van der Waals surface area contributed by atoms with Crippen LogP contribution in [0.25, 0.3) is 0 Å². The van der Waals surface area contributed by atoms with E-state index < -0.39 is 17.8 Å². The Morgan fingerprint density at radius 3 is 2.36 bits per heavy atom. The summed E-state index contributed by atoms with van der Waals surface area (Å²) in [4.78, 5) is 1.80. The van der Waals surface area contributed by atoms with Gasteiger partial charge in [-0.15, -0.1) is 0 Å². The molecule has 2 nitrogen and oxygen atoms in total. The van der Waals surface area contributed by atoms with Crippen molar-refractivity contribution in [1.82, 2.24) is 4.90 Å². The third-order valence-electron chi connectivity index (χ3n) is 3.38. The summed E-state index contributed by atoms with van der Waals surface area (Å²) in [5.41, 5.74) is 0.706. The first-order valence-electron chi connectivity index (χ1n) is 6.94. The summed E-state index contributed by atoms with van der Waals surface area (Å²) in [7, 11) is 1.77. The normalized spacial score (nSPS) is 13.4. The molecule has 0 saturated heterocycles. The lowest BCUT2D eigenvalue weighted by Crippen LogP contribution is -2.24. The van der Waals surface area contributed by atoms with E-state index in [0.29, 0.717) is 18.7 Å². The van der Waals surface area contributed by atoms with Gasteiger partial charge in [-0.05, 0) is 24.2 Å². The maximum atomic E-state index is 12.7. The zero-order valence-electron chi connectivity index (χ0n) is 12.2. The van der Waals surface area contributed by atoms with Gasteiger partial charge in [-0.3, -0.25) is 4.90 Å². The smallest absolute Gasteiger partial charge is 0.387 e. The summed E-state index contributed by atoms with van der Waals surface area (Å²) in [6.07, 6.45) is -5.00. The highest BCUT2D eigenvalue weighted by Gasteiger charge is 2.30. The predicted molar refractivity (Wildman–Crippen MR) is 79.2 cm³/mol. The van der Waals surface area contributed by atoms with Crippen molar-refractivity contribution in [1.29, 1.82) is 0 Å². The van der Waals surface area contributed by atoms with E-state index in [1.807, 2.05) is 30.3 Å². The van der Waals surface area contributed by atoms with Crippen molar-refractivity contribution in [2.45, 2.75) is 18.8 Å². The van der Waals surface area contributed by atoms with Gasteiger partial charge in [-0.2, -0.15) is 13.2 Å². The molecule has 2 rings (SSSR count). The van der Waals surface area contributed by atoms with E-state index in [9.17, 15) is 18.3 Å². The van der Waals surface area contributed by atoms with Gasteiger partial charge in [0.2, 0.25) is 0 Å². The average Bonchev–Trinajstić information content (AvgIpc) is 2.47. The number of aliphatic hydroxyl groups is 1. The Morgan fingerprint density at radius 1 is 1.05 bits per heavy atom. The van der Waals surface area contributed by atoms with Gasteiger partial charge in [0.1, 0.15) is 0 Å². The molecule has 0 fully saturated rings. The van der Waals surface area contributed by atoms with Crippen molar-refractivity contribution < 1.29 is 18.3 Å². The quantitative estimate of drug-likeness (QED) is 0.906. The topological polar surface area (TPSA) is 23.5 Å². The van der Waals surface area contributed by atoms with Gasteiger partial charge in [-0.25, -0.2) is 0 Å². The lowest BCUT2D eigenvalue weighted by atomic mass is 10.1. The van der Waals surface area contributed by atoms with Crippen molar-refractivity contribution in [2.75, 3.05) is 13.6 Å². The molecule has 0 bridgehead atoms. The second-order valence-corrected chi connectivity index (χ2v) is 5.32. The zero-order valence-corrected chi connectivity index (χ0v) is 12.2. The average molecular weight is 309 g/mol. The molecular weight excluding hydrogens is 291 g/mol. The molecule has 1 atom stereocenters. The van der Waals surface area contributed by atoms with Crippen molar-refractivity contribution in [3.63, 3.8) is 0 Å². The van der Waals surface area contributed by atoms with E-state index in [4.69, 9.17) is 0 Å². The first-order valence-corrected chi connectivity index (χ1v) is 6.94. The number of rotatable bonds is 5. The van der Waals surface area contributed by atoms with E-state index >= 15 is 0 Å². The molecule has 0 aliphatic rings. The molecule has 5 heteroatoms. The molecule has 0 amide bonds. The highest BCUT2D eigenvalue weighted by Crippen LogP contribution is 2.29. The molecule has 118 valence electrons. The van der Waals surface area contributed by atoms with Crippen LogP contribution in [-0.2, 0) is 12.7 Å². The Balaban J connectivity index is 1.99. The number of alkyl halides is 3. The zero-order chi connectivity index (χ0) is 16.2. The van der Waals surface area contributed by atoms with Crippen LogP contribution < -0.4 is 0 Å². The highest BCUT2D eigenvalue weighted by molar-refractivity contribution is 5.25. The summed E-state index contributed by atoms with van der Waals surface area (Å²) in [5, 5.41) is 10.1. The van der Waals surface area contributed by atoms with Crippen molar-refractivity contribution in [3.8, 4) is 0 Å². The van der Waals surface area contributed by atoms with Crippen molar-refractivity contribution in [2.24, 2.45) is 0 Å². The second kappa shape index (κ2) is 6.94. The number of aliphatic hydroxyl groups excluding tert-OH is 1. The number of hydrogen-bond acceptors (Lipinski definition) is 2. The lowest BCUT2D eigenvalue weighted by Gasteiger charge is -2.21. The molecule has 0 radical (unpaired) electrons. The number of benzene rings is 2. The summed E-state index contributed by atoms with van der Waals surface area (Å²) < 4.78 is 38.0. The molecule has 0 spiro atoms. The summed E-state index contributed by atoms with van der Waals surface area (Å²) >= 11 is 0. The second-order valence-electron chi connectivity index (χ2n) is 5.32. The van der Waals surface area contributed by atoms with E-state index in [-0.39, 0.29) is 0 Å². The van der Waals surface area contributed by atoms with Crippen molar-refractivity contribution in [3.05, 3.63) is 71.3 Å². The van der Waals surface area contributed by atoms with Crippen LogP contribution in [0.5, 0.6) is 0 Å². The first-order chi connectivity index (χ1) is 10.4. The molecule has 2 aromatic rings. The maximum Gasteiger partial charge on any atom is 0.416 e. The van der Waals surface area contributed by atoms with E-state index in [0.717, 1.165) is 17.7 Å². The Bertz CT molecular complexity index is 598. The fourth-order valence-electron chi connectivity index (χ4n) is 2.30. The standard InChI is InChI=1S/C17H18F3NO/c1-21(12-16(22)14-7-3-2-4-8-14)11-13-6-5-9-15(10-13)17(18,19)20/h2-10,16,22H,11-12H2,1H3/t16-/m0/s1. The minimum Gasteiger partial charge on any atom is -0.387 e. The monoisotopic (exact) mass is 309 g/mol. The molecule has 1 N–H and O–H groups in total. The fourth-order valence-corrected chi connectivity index (χ4v) is 2.30. The van der Waals surface area contributed by atoms with Gasteiger partial charge in [-0.1, -0.05) is 48.5 Å². The lowest BCUT2D eigenvalue weighted by molar-refractivity contribution is -0.137. The maximum absolute atomic E-state index is 12.7. The van der Waals surface area contributed by atoms with E-state index in [1.54, 1.807) is 18.0 Å². The molecule has 0 saturated carbocycles. The van der Waals surface area contributed by atoms with Gasteiger partial charge < -0.3 is 5.11 Å². The molecule has 0 aliphatic heterocycles. The molecule has 0 heterocycles. The Morgan fingerprint density at radius 2 is 1.73 bits per heavy atom. The molecule has 2 aromatic carbocycles. The first kappa shape index (κ1) is 16.5. The third-order valence-corrected chi connectivity index (χ3v) is 3.38. The van der Waals surface area contributed by atoms with Crippen molar-refractivity contribution >= 4 is 0 Å². The van der Waals surface area contributed by atoms with E-state index in [1.165, 1.54) is 6.07 Å². The van der Waals surface area contributed by atoms with Gasteiger partial charge >= 0.3 is 6.18 Å². The third kappa shape index (κ3) is 4.58. The highest BCUT2D eigenvalue weighted by atomic mass is 19.4. The predicted octanol–water partition coefficient (Wildman–Crippen LogP) is 3.87. The molecule has 0 aliphatic carbocycles. The van der Waals surface area contributed by atoms with Crippen LogP contribution in [0.15, 0.2) is 54.6 Å². The van der Waals surface area contributed by atoms with Crippen LogP contribution in [0.1, 0.15) is 22.8 Å². The van der Waals surface area contributed by atoms with Gasteiger partial charge in [0.15, 0.2) is 0 Å². The fraction of sp³-hybridized carbons (Fsp3) is 0.294. The van der Waals surface area contributed by atoms with Gasteiger partial charge in [0.25, 0.3) is 0 Å².